The molecule has 0 radical (unpaired) electrons. The summed E-state index contributed by atoms with van der Waals surface area (Å²) in [5, 5.41) is 5.66. The number of benzene rings is 2. The van der Waals surface area contributed by atoms with Gasteiger partial charge >= 0.3 is 0 Å². The fourth-order valence-electron chi connectivity index (χ4n) is 5.22. The Balaban J connectivity index is 1.61. The molecule has 0 bridgehead atoms. The Bertz CT molecular complexity index is 1310. The highest BCUT2D eigenvalue weighted by atomic mass is 35.5. The molecule has 2 aromatic rings. The summed E-state index contributed by atoms with van der Waals surface area (Å²) in [6.07, 6.45) is 0.272. The van der Waals surface area contributed by atoms with Crippen molar-refractivity contribution in [2.24, 2.45) is 21.9 Å². The fourth-order valence-corrected chi connectivity index (χ4v) is 5.86. The van der Waals surface area contributed by atoms with Crippen LogP contribution in [0.1, 0.15) is 39.7 Å². The molecule has 1 saturated carbocycles. The van der Waals surface area contributed by atoms with Crippen molar-refractivity contribution in [1.29, 1.82) is 0 Å². The van der Waals surface area contributed by atoms with Gasteiger partial charge in [-0.3, -0.25) is 14.4 Å². The topological polar surface area (TPSA) is 118 Å². The summed E-state index contributed by atoms with van der Waals surface area (Å²) >= 11 is 5.96. The van der Waals surface area contributed by atoms with Crippen LogP contribution in [0.4, 0.5) is 5.69 Å². The van der Waals surface area contributed by atoms with Crippen molar-refractivity contribution in [2.75, 3.05) is 11.4 Å². The van der Waals surface area contributed by atoms with E-state index in [9.17, 15) is 22.8 Å². The first-order valence-electron chi connectivity index (χ1n) is 11.7. The molecule has 1 aliphatic heterocycles. The summed E-state index contributed by atoms with van der Waals surface area (Å²) in [5.74, 6) is -1.27. The first kappa shape index (κ1) is 26.3. The number of imide groups is 1. The van der Waals surface area contributed by atoms with Crippen LogP contribution < -0.4 is 10.0 Å². The van der Waals surface area contributed by atoms with Crippen molar-refractivity contribution in [3.63, 3.8) is 0 Å². The van der Waals surface area contributed by atoms with Crippen LogP contribution in [0.3, 0.4) is 0 Å². The second-order valence-electron chi connectivity index (χ2n) is 10.6. The molecule has 1 saturated heterocycles. The largest absolute Gasteiger partial charge is 0.329 e. The standard InChI is InChI=1S/C26H30ClN3O5S/c1-25(2)22(26(25,3)4)24(33)29(14-13-16-5-11-19(12-6-16)36(28,34)35)20-15-21(31)30(23(20)32)18-9-7-17(27)8-10-18/h5-12,20,22H,13-15H2,1-4H3,(H2,28,34,35). The van der Waals surface area contributed by atoms with E-state index in [2.05, 4.69) is 0 Å². The average Bonchev–Trinajstić information content (AvgIpc) is 3.02. The highest BCUT2D eigenvalue weighted by Crippen LogP contribution is 2.69. The molecular weight excluding hydrogens is 502 g/mol. The summed E-state index contributed by atoms with van der Waals surface area (Å²) in [4.78, 5) is 42.8. The summed E-state index contributed by atoms with van der Waals surface area (Å²) in [5.41, 5.74) is 0.693. The van der Waals surface area contributed by atoms with E-state index < -0.39 is 22.0 Å². The summed E-state index contributed by atoms with van der Waals surface area (Å²) < 4.78 is 23.1. The molecule has 1 aliphatic carbocycles. The third kappa shape index (κ3) is 4.55. The Labute approximate surface area is 216 Å². The number of nitrogens with two attached hydrogens (primary N) is 1. The average molecular weight is 532 g/mol. The van der Waals surface area contributed by atoms with Gasteiger partial charge in [-0.25, -0.2) is 18.5 Å². The predicted octanol–water partition coefficient (Wildman–Crippen LogP) is 3.37. The maximum atomic E-state index is 13.8. The third-order valence-corrected chi connectivity index (χ3v) is 9.21. The van der Waals surface area contributed by atoms with Crippen LogP contribution in [0.25, 0.3) is 0 Å². The Morgan fingerprint density at radius 1 is 1.03 bits per heavy atom. The molecule has 1 heterocycles. The quantitative estimate of drug-likeness (QED) is 0.549. The molecule has 2 aliphatic rings. The molecule has 0 aromatic heterocycles. The normalized spacial score (nSPS) is 21.1. The van der Waals surface area contributed by atoms with Crippen molar-refractivity contribution in [2.45, 2.75) is 51.5 Å². The van der Waals surface area contributed by atoms with E-state index in [1.807, 2.05) is 27.7 Å². The SMILES string of the molecule is CC1(C)C(C(=O)N(CCc2ccc(S(N)(=O)=O)cc2)C2CC(=O)N(c3ccc(Cl)cc3)C2=O)C1(C)C. The van der Waals surface area contributed by atoms with E-state index in [1.165, 1.54) is 17.0 Å². The molecule has 1 unspecified atom stereocenters. The Morgan fingerprint density at radius 3 is 2.08 bits per heavy atom. The second-order valence-corrected chi connectivity index (χ2v) is 12.6. The van der Waals surface area contributed by atoms with Gasteiger partial charge in [-0.1, -0.05) is 51.4 Å². The van der Waals surface area contributed by atoms with E-state index >= 15 is 0 Å². The van der Waals surface area contributed by atoms with Crippen LogP contribution in [0, 0.1) is 16.7 Å². The highest BCUT2D eigenvalue weighted by molar-refractivity contribution is 7.89. The molecule has 0 spiro atoms. The van der Waals surface area contributed by atoms with E-state index in [0.717, 1.165) is 10.5 Å². The Kier molecular flexibility index (Phi) is 6.56. The van der Waals surface area contributed by atoms with Crippen molar-refractivity contribution >= 4 is 45.0 Å². The third-order valence-electron chi connectivity index (χ3n) is 8.03. The van der Waals surface area contributed by atoms with Crippen LogP contribution in [0.15, 0.2) is 53.4 Å². The van der Waals surface area contributed by atoms with Crippen LogP contribution in [0.2, 0.25) is 5.02 Å². The molecular formula is C26H30ClN3O5S. The lowest BCUT2D eigenvalue weighted by atomic mass is 10.0. The van der Waals surface area contributed by atoms with Gasteiger partial charge in [0, 0.05) is 17.5 Å². The molecule has 8 nitrogen and oxygen atoms in total. The van der Waals surface area contributed by atoms with Gasteiger partial charge < -0.3 is 4.90 Å². The maximum absolute atomic E-state index is 13.8. The number of primary sulfonamides is 1. The van der Waals surface area contributed by atoms with Crippen LogP contribution in [-0.4, -0.2) is 43.6 Å². The zero-order chi connectivity index (χ0) is 26.6. The Hall–Kier alpha value is -2.75. The molecule has 2 aromatic carbocycles. The number of hydrogen-bond donors (Lipinski definition) is 1. The van der Waals surface area contributed by atoms with Gasteiger partial charge in [0.1, 0.15) is 6.04 Å². The van der Waals surface area contributed by atoms with Gasteiger partial charge in [0.2, 0.25) is 21.8 Å². The highest BCUT2D eigenvalue weighted by Gasteiger charge is 2.69. The van der Waals surface area contributed by atoms with E-state index in [-0.39, 0.29) is 46.4 Å². The van der Waals surface area contributed by atoms with Crippen molar-refractivity contribution in [3.05, 3.63) is 59.1 Å². The monoisotopic (exact) mass is 531 g/mol. The first-order chi connectivity index (χ1) is 16.7. The molecule has 36 heavy (non-hydrogen) atoms. The van der Waals surface area contributed by atoms with Gasteiger partial charge in [-0.05, 0) is 59.2 Å². The number of rotatable bonds is 7. The van der Waals surface area contributed by atoms with Gasteiger partial charge in [-0.15, -0.1) is 0 Å². The lowest BCUT2D eigenvalue weighted by molar-refractivity contribution is -0.140. The van der Waals surface area contributed by atoms with E-state index in [4.69, 9.17) is 16.7 Å². The Morgan fingerprint density at radius 2 is 1.58 bits per heavy atom. The van der Waals surface area contributed by atoms with E-state index in [0.29, 0.717) is 17.1 Å². The summed E-state index contributed by atoms with van der Waals surface area (Å²) in [6, 6.07) is 11.6. The zero-order valence-electron chi connectivity index (χ0n) is 20.7. The number of nitrogens with zero attached hydrogens (tertiary/aromatic N) is 2. The zero-order valence-corrected chi connectivity index (χ0v) is 22.3. The minimum atomic E-state index is -3.82. The van der Waals surface area contributed by atoms with Gasteiger partial charge in [-0.2, -0.15) is 0 Å². The van der Waals surface area contributed by atoms with Crippen LogP contribution >= 0.6 is 11.6 Å². The lowest BCUT2D eigenvalue weighted by Crippen LogP contribution is -2.47. The minimum absolute atomic E-state index is 0.00386. The number of amides is 3. The summed E-state index contributed by atoms with van der Waals surface area (Å²) in [6.45, 7) is 8.32. The van der Waals surface area contributed by atoms with Crippen LogP contribution in [-0.2, 0) is 30.8 Å². The number of carbonyl (C=O) groups excluding carboxylic acids is 3. The lowest BCUT2D eigenvalue weighted by Gasteiger charge is -2.29. The number of anilines is 1. The van der Waals surface area contributed by atoms with Crippen molar-refractivity contribution < 1.29 is 22.8 Å². The number of hydrogen-bond acceptors (Lipinski definition) is 5. The first-order valence-corrected chi connectivity index (χ1v) is 13.6. The van der Waals surface area contributed by atoms with Crippen molar-refractivity contribution in [1.82, 2.24) is 4.90 Å². The van der Waals surface area contributed by atoms with Gasteiger partial charge in [0.25, 0.3) is 5.91 Å². The molecule has 2 N–H and O–H groups in total. The number of carbonyl (C=O) groups is 3. The molecule has 2 fully saturated rings. The molecule has 4 rings (SSSR count). The number of halogens is 1. The molecule has 192 valence electrons. The maximum Gasteiger partial charge on any atom is 0.257 e. The van der Waals surface area contributed by atoms with Crippen LogP contribution in [0.5, 0.6) is 0 Å². The minimum Gasteiger partial charge on any atom is -0.329 e. The van der Waals surface area contributed by atoms with Crippen molar-refractivity contribution in [3.8, 4) is 0 Å². The molecule has 1 atom stereocenters. The predicted molar refractivity (Wildman–Crippen MR) is 137 cm³/mol. The van der Waals surface area contributed by atoms with Gasteiger partial charge in [0.15, 0.2) is 0 Å². The van der Waals surface area contributed by atoms with E-state index in [1.54, 1.807) is 36.4 Å². The fraction of sp³-hybridized carbons (Fsp3) is 0.423. The second kappa shape index (κ2) is 8.97. The summed E-state index contributed by atoms with van der Waals surface area (Å²) in [7, 11) is -3.82. The molecule has 10 heteroatoms. The smallest absolute Gasteiger partial charge is 0.257 e. The van der Waals surface area contributed by atoms with Gasteiger partial charge in [0.05, 0.1) is 17.0 Å². The molecule has 3 amide bonds. The number of sulfonamides is 1.